The Labute approximate surface area is 150 Å². The van der Waals surface area contributed by atoms with Crippen molar-refractivity contribution in [1.29, 1.82) is 0 Å². The van der Waals surface area contributed by atoms with Crippen molar-refractivity contribution in [3.8, 4) is 5.75 Å². The Morgan fingerprint density at radius 3 is 2.70 bits per heavy atom. The molecule has 0 radical (unpaired) electrons. The molecule has 0 bridgehead atoms. The lowest BCUT2D eigenvalue weighted by Crippen LogP contribution is -2.23. The average Bonchev–Trinajstić information content (AvgIpc) is 2.90. The Kier molecular flexibility index (Phi) is 6.23. The fourth-order valence-corrected chi connectivity index (χ4v) is 3.47. The molecule has 0 fully saturated rings. The third-order valence-electron chi connectivity index (χ3n) is 2.99. The zero-order valence-electron chi connectivity index (χ0n) is 12.4. The van der Waals surface area contributed by atoms with Crippen LogP contribution in [0.2, 0.25) is 0 Å². The second-order valence-electron chi connectivity index (χ2n) is 4.69. The van der Waals surface area contributed by atoms with Crippen LogP contribution in [0.3, 0.4) is 0 Å². The summed E-state index contributed by atoms with van der Waals surface area (Å²) in [5.41, 5.74) is 7.25. The number of aromatic nitrogens is 2. The summed E-state index contributed by atoms with van der Waals surface area (Å²) in [5, 5.41) is 2.80. The number of amides is 1. The van der Waals surface area contributed by atoms with Gasteiger partial charge in [-0.1, -0.05) is 0 Å². The highest BCUT2D eigenvalue weighted by molar-refractivity contribution is 9.11. The number of hydrogen-bond donors (Lipinski definition) is 3. The van der Waals surface area contributed by atoms with Crippen LogP contribution >= 0.6 is 31.9 Å². The molecule has 1 heterocycles. The number of nitrogens with one attached hydrogen (secondary N) is 2. The first kappa shape index (κ1) is 17.6. The van der Waals surface area contributed by atoms with Gasteiger partial charge < -0.3 is 20.8 Å². The van der Waals surface area contributed by atoms with E-state index < -0.39 is 0 Å². The normalized spacial score (nSPS) is 10.9. The molecule has 1 aromatic heterocycles. The van der Waals surface area contributed by atoms with E-state index in [9.17, 15) is 4.79 Å². The van der Waals surface area contributed by atoms with Crippen LogP contribution in [0.4, 0.5) is 5.95 Å². The Hall–Kier alpha value is -1.80. The van der Waals surface area contributed by atoms with Crippen molar-refractivity contribution in [3.05, 3.63) is 44.6 Å². The maximum Gasteiger partial charge on any atom is 0.244 e. The van der Waals surface area contributed by atoms with Crippen LogP contribution in [-0.2, 0) is 11.2 Å². The van der Waals surface area contributed by atoms with Crippen molar-refractivity contribution < 1.29 is 9.53 Å². The van der Waals surface area contributed by atoms with Gasteiger partial charge in [-0.2, -0.15) is 0 Å². The van der Waals surface area contributed by atoms with Gasteiger partial charge in [-0.05, 0) is 55.6 Å². The topological polar surface area (TPSA) is 93.0 Å². The zero-order valence-corrected chi connectivity index (χ0v) is 15.6. The van der Waals surface area contributed by atoms with Crippen LogP contribution in [-0.4, -0.2) is 29.5 Å². The number of halogens is 2. The number of rotatable bonds is 6. The highest BCUT2D eigenvalue weighted by Crippen LogP contribution is 2.34. The summed E-state index contributed by atoms with van der Waals surface area (Å²) < 4.78 is 6.86. The molecule has 0 unspecified atom stereocenters. The third-order valence-corrected chi connectivity index (χ3v) is 4.17. The van der Waals surface area contributed by atoms with E-state index in [1.54, 1.807) is 19.4 Å². The van der Waals surface area contributed by atoms with Crippen molar-refractivity contribution in [2.75, 3.05) is 19.4 Å². The van der Waals surface area contributed by atoms with Gasteiger partial charge in [0.05, 0.1) is 22.3 Å². The molecule has 0 saturated carbocycles. The van der Waals surface area contributed by atoms with Crippen LogP contribution in [0.1, 0.15) is 11.3 Å². The molecular formula is C15H16Br2N4O2. The molecule has 1 amide bonds. The fraction of sp³-hybridized carbons (Fsp3) is 0.200. The maximum atomic E-state index is 11.8. The van der Waals surface area contributed by atoms with Crippen LogP contribution in [0.25, 0.3) is 6.08 Å². The van der Waals surface area contributed by atoms with Gasteiger partial charge >= 0.3 is 0 Å². The van der Waals surface area contributed by atoms with Crippen molar-refractivity contribution in [3.63, 3.8) is 0 Å². The second-order valence-corrected chi connectivity index (χ2v) is 6.39. The Balaban J connectivity index is 1.88. The number of aromatic amines is 1. The SMILES string of the molecule is COc1c(Br)cc(C=CC(=O)NCCc2cnc(N)[nH]2)cc1Br. The highest BCUT2D eigenvalue weighted by Gasteiger charge is 2.06. The molecule has 2 aromatic rings. The second kappa shape index (κ2) is 8.16. The smallest absolute Gasteiger partial charge is 0.244 e. The first-order valence-electron chi connectivity index (χ1n) is 6.78. The van der Waals surface area contributed by atoms with Gasteiger partial charge in [0.25, 0.3) is 0 Å². The number of methoxy groups -OCH3 is 1. The van der Waals surface area contributed by atoms with Crippen LogP contribution in [0.15, 0.2) is 33.4 Å². The zero-order chi connectivity index (χ0) is 16.8. The van der Waals surface area contributed by atoms with E-state index in [2.05, 4.69) is 47.1 Å². The number of imidazole rings is 1. The fourth-order valence-electron chi connectivity index (χ4n) is 1.93. The van der Waals surface area contributed by atoms with Crippen molar-refractivity contribution in [2.45, 2.75) is 6.42 Å². The largest absolute Gasteiger partial charge is 0.494 e. The molecule has 0 spiro atoms. The minimum Gasteiger partial charge on any atom is -0.494 e. The number of benzene rings is 1. The summed E-state index contributed by atoms with van der Waals surface area (Å²) in [6, 6.07) is 3.75. The summed E-state index contributed by atoms with van der Waals surface area (Å²) in [6.45, 7) is 0.501. The molecule has 4 N–H and O–H groups in total. The van der Waals surface area contributed by atoms with Crippen LogP contribution in [0, 0.1) is 0 Å². The van der Waals surface area contributed by atoms with Gasteiger partial charge in [-0.3, -0.25) is 4.79 Å². The molecule has 23 heavy (non-hydrogen) atoms. The Morgan fingerprint density at radius 2 is 2.13 bits per heavy atom. The third kappa shape index (κ3) is 5.11. The summed E-state index contributed by atoms with van der Waals surface area (Å²) in [6.07, 6.45) is 5.52. The van der Waals surface area contributed by atoms with E-state index in [4.69, 9.17) is 10.5 Å². The summed E-state index contributed by atoms with van der Waals surface area (Å²) in [4.78, 5) is 18.6. The van der Waals surface area contributed by atoms with Crippen LogP contribution in [0.5, 0.6) is 5.75 Å². The van der Waals surface area contributed by atoms with E-state index >= 15 is 0 Å². The lowest BCUT2D eigenvalue weighted by Gasteiger charge is -2.07. The Morgan fingerprint density at radius 1 is 1.43 bits per heavy atom. The monoisotopic (exact) mass is 442 g/mol. The summed E-state index contributed by atoms with van der Waals surface area (Å²) in [5.74, 6) is 0.924. The highest BCUT2D eigenvalue weighted by atomic mass is 79.9. The van der Waals surface area contributed by atoms with E-state index in [-0.39, 0.29) is 5.91 Å². The molecule has 0 aliphatic heterocycles. The van der Waals surface area contributed by atoms with Gasteiger partial charge in [0.1, 0.15) is 5.75 Å². The van der Waals surface area contributed by atoms with Crippen molar-refractivity contribution in [2.24, 2.45) is 0 Å². The number of hydrogen-bond acceptors (Lipinski definition) is 4. The summed E-state index contributed by atoms with van der Waals surface area (Å²) >= 11 is 6.85. The lowest BCUT2D eigenvalue weighted by atomic mass is 10.2. The molecule has 2 rings (SSSR count). The molecule has 0 aliphatic rings. The minimum absolute atomic E-state index is 0.166. The number of anilines is 1. The molecule has 0 atom stereocenters. The number of ether oxygens (including phenoxy) is 1. The average molecular weight is 444 g/mol. The number of carbonyl (C=O) groups is 1. The van der Waals surface area contributed by atoms with Crippen molar-refractivity contribution in [1.82, 2.24) is 15.3 Å². The van der Waals surface area contributed by atoms with E-state index in [1.807, 2.05) is 12.1 Å². The number of nitrogens with zero attached hydrogens (tertiary/aromatic N) is 1. The van der Waals surface area contributed by atoms with E-state index in [0.29, 0.717) is 24.7 Å². The molecule has 0 aliphatic carbocycles. The first-order chi connectivity index (χ1) is 11.0. The van der Waals surface area contributed by atoms with Crippen LogP contribution < -0.4 is 15.8 Å². The van der Waals surface area contributed by atoms with Gasteiger partial charge in [0, 0.05) is 24.7 Å². The number of H-pyrrole nitrogens is 1. The minimum atomic E-state index is -0.166. The lowest BCUT2D eigenvalue weighted by molar-refractivity contribution is -0.116. The van der Waals surface area contributed by atoms with E-state index in [1.165, 1.54) is 6.08 Å². The van der Waals surface area contributed by atoms with Gasteiger partial charge in [-0.25, -0.2) is 4.98 Å². The summed E-state index contributed by atoms with van der Waals surface area (Å²) in [7, 11) is 1.60. The number of nitrogens with two attached hydrogens (primary N) is 1. The Bertz CT molecular complexity index is 705. The predicted molar refractivity (Wildman–Crippen MR) is 97.1 cm³/mol. The standard InChI is InChI=1S/C15H16Br2N4O2/c1-23-14-11(16)6-9(7-12(14)17)2-3-13(22)19-5-4-10-8-20-15(18)21-10/h2-3,6-8H,4-5H2,1H3,(H,19,22)(H3,18,20,21). The van der Waals surface area contributed by atoms with Gasteiger partial charge in [-0.15, -0.1) is 0 Å². The molecule has 0 saturated heterocycles. The van der Waals surface area contributed by atoms with E-state index in [0.717, 1.165) is 20.2 Å². The quantitative estimate of drug-likeness (QED) is 0.598. The molecule has 6 nitrogen and oxygen atoms in total. The van der Waals surface area contributed by atoms with Crippen molar-refractivity contribution >= 4 is 49.8 Å². The van der Waals surface area contributed by atoms with Gasteiger partial charge in [0.15, 0.2) is 5.95 Å². The predicted octanol–water partition coefficient (Wildman–Crippen LogP) is 2.90. The molecule has 8 heteroatoms. The maximum absolute atomic E-state index is 11.8. The molecular weight excluding hydrogens is 428 g/mol. The van der Waals surface area contributed by atoms with Gasteiger partial charge in [0.2, 0.25) is 5.91 Å². The molecule has 1 aromatic carbocycles. The number of carbonyl (C=O) groups excluding carboxylic acids is 1. The number of nitrogen functional groups attached to an aromatic ring is 1. The molecule has 122 valence electrons. The first-order valence-corrected chi connectivity index (χ1v) is 8.36.